The fraction of sp³-hybridized carbons (Fsp3) is 0. The smallest absolute Gasteiger partial charge is 0.156 e. The van der Waals surface area contributed by atoms with E-state index in [4.69, 9.17) is 4.98 Å². The van der Waals surface area contributed by atoms with Crippen LogP contribution >= 0.6 is 11.3 Å². The minimum absolute atomic E-state index is 1.01. The van der Waals surface area contributed by atoms with Crippen molar-refractivity contribution >= 4 is 102 Å². The van der Waals surface area contributed by atoms with E-state index in [-0.39, 0.29) is 0 Å². The first-order valence-electron chi connectivity index (χ1n) is 19.9. The van der Waals surface area contributed by atoms with E-state index in [1.165, 1.54) is 96.3 Å². The number of thiophene rings is 1. The molecule has 0 saturated carbocycles. The molecule has 0 atom stereocenters. The highest BCUT2D eigenvalue weighted by atomic mass is 32.1. The Morgan fingerprint density at radius 1 is 0.345 bits per heavy atom. The van der Waals surface area contributed by atoms with E-state index >= 15 is 0 Å². The Hall–Kier alpha value is -7.33. The summed E-state index contributed by atoms with van der Waals surface area (Å²) in [7, 11) is 0. The zero-order valence-corrected chi connectivity index (χ0v) is 32.1. The van der Waals surface area contributed by atoms with Crippen molar-refractivity contribution in [2.24, 2.45) is 0 Å². The van der Waals surface area contributed by atoms with E-state index in [2.05, 4.69) is 199 Å². The third-order valence-corrected chi connectivity index (χ3v) is 13.5. The van der Waals surface area contributed by atoms with E-state index in [9.17, 15) is 0 Å². The molecule has 0 unspecified atom stereocenters. The Labute approximate surface area is 337 Å². The van der Waals surface area contributed by atoms with Gasteiger partial charge in [-0.05, 0) is 113 Å². The van der Waals surface area contributed by atoms with Crippen LogP contribution < -0.4 is 0 Å². The third-order valence-electron chi connectivity index (χ3n) is 12.3. The fourth-order valence-corrected chi connectivity index (χ4v) is 10.7. The molecule has 3 aromatic heterocycles. The molecule has 0 aliphatic heterocycles. The topological polar surface area (TPSA) is 17.3 Å². The molecule has 0 radical (unpaired) electrons. The number of pyridine rings is 1. The van der Waals surface area contributed by atoms with Crippen molar-refractivity contribution in [2.75, 3.05) is 0 Å². The number of imidazole rings is 1. The summed E-state index contributed by atoms with van der Waals surface area (Å²) in [4.78, 5) is 5.48. The van der Waals surface area contributed by atoms with Gasteiger partial charge in [-0.3, -0.25) is 4.40 Å². The van der Waals surface area contributed by atoms with Gasteiger partial charge in [-0.25, -0.2) is 4.98 Å². The lowest BCUT2D eigenvalue weighted by Crippen LogP contribution is -1.93. The maximum Gasteiger partial charge on any atom is 0.156 e. The van der Waals surface area contributed by atoms with Crippen LogP contribution in [-0.4, -0.2) is 9.38 Å². The second kappa shape index (κ2) is 12.1. The van der Waals surface area contributed by atoms with Crippen molar-refractivity contribution in [1.29, 1.82) is 0 Å². The molecule has 58 heavy (non-hydrogen) atoms. The fourth-order valence-electron chi connectivity index (χ4n) is 9.51. The standard InChI is InChI=1S/C55H32N2S/c1-2-10-38-30-47-40(29-37(38)9-1)26-28-50-53(47)56-55-54-49(46-15-7-8-16-52(46)58-54)32-51(57(50)55)36-23-21-34(22-24-36)33-17-19-35(20-18-33)39-25-27-45-43-13-4-3-11-41(43)42-12-5-6-14-44(42)48(45)31-39/h1-32H. The minimum Gasteiger partial charge on any atom is -0.291 e. The van der Waals surface area contributed by atoms with Gasteiger partial charge in [0.15, 0.2) is 5.65 Å². The maximum absolute atomic E-state index is 5.48. The monoisotopic (exact) mass is 752 g/mol. The summed E-state index contributed by atoms with van der Waals surface area (Å²) in [6, 6.07) is 71.5. The van der Waals surface area contributed by atoms with Crippen LogP contribution in [0.2, 0.25) is 0 Å². The second-order valence-corrected chi connectivity index (χ2v) is 16.6. The first-order chi connectivity index (χ1) is 28.7. The largest absolute Gasteiger partial charge is 0.291 e. The summed E-state index contributed by atoms with van der Waals surface area (Å²) >= 11 is 1.84. The van der Waals surface area contributed by atoms with Gasteiger partial charge < -0.3 is 0 Å². The summed E-state index contributed by atoms with van der Waals surface area (Å²) in [5.74, 6) is 0. The van der Waals surface area contributed by atoms with Crippen molar-refractivity contribution in [1.82, 2.24) is 9.38 Å². The number of benzene rings is 10. The lowest BCUT2D eigenvalue weighted by molar-refractivity contribution is 1.25. The molecule has 0 bridgehead atoms. The van der Waals surface area contributed by atoms with Crippen molar-refractivity contribution in [3.8, 4) is 33.5 Å². The molecule has 0 fully saturated rings. The normalized spacial score (nSPS) is 12.1. The van der Waals surface area contributed by atoms with Gasteiger partial charge in [0.2, 0.25) is 0 Å². The minimum atomic E-state index is 1.01. The Balaban J connectivity index is 0.925. The highest BCUT2D eigenvalue weighted by molar-refractivity contribution is 7.26. The van der Waals surface area contributed by atoms with Crippen molar-refractivity contribution in [2.45, 2.75) is 0 Å². The number of rotatable bonds is 3. The molecule has 0 amide bonds. The summed E-state index contributed by atoms with van der Waals surface area (Å²) < 4.78 is 4.89. The Kier molecular flexibility index (Phi) is 6.63. The molecule has 0 aliphatic carbocycles. The molecule has 3 heterocycles. The summed E-state index contributed by atoms with van der Waals surface area (Å²) in [5, 5.41) is 15.2. The zero-order valence-electron chi connectivity index (χ0n) is 31.3. The first-order valence-corrected chi connectivity index (χ1v) is 20.7. The van der Waals surface area contributed by atoms with Gasteiger partial charge in [0, 0.05) is 20.9 Å². The van der Waals surface area contributed by atoms with Gasteiger partial charge in [-0.15, -0.1) is 11.3 Å². The highest BCUT2D eigenvalue weighted by Gasteiger charge is 2.19. The van der Waals surface area contributed by atoms with Gasteiger partial charge in [0.1, 0.15) is 0 Å². The molecule has 13 rings (SSSR count). The Morgan fingerprint density at radius 3 is 1.57 bits per heavy atom. The molecule has 13 aromatic rings. The van der Waals surface area contributed by atoms with Crippen molar-refractivity contribution in [3.63, 3.8) is 0 Å². The highest BCUT2D eigenvalue weighted by Crippen LogP contribution is 2.42. The average molecular weight is 753 g/mol. The summed E-state index contributed by atoms with van der Waals surface area (Å²) in [6.45, 7) is 0. The average Bonchev–Trinajstić information content (AvgIpc) is 3.88. The predicted octanol–water partition coefficient (Wildman–Crippen LogP) is 15.6. The van der Waals surface area contributed by atoms with Crippen LogP contribution in [-0.2, 0) is 0 Å². The first kappa shape index (κ1) is 31.8. The van der Waals surface area contributed by atoms with E-state index in [0.29, 0.717) is 0 Å². The molecular formula is C55H32N2S. The Bertz CT molecular complexity index is 3800. The maximum atomic E-state index is 5.48. The number of fused-ring (bicyclic) bond motifs is 16. The van der Waals surface area contributed by atoms with Gasteiger partial charge in [0.25, 0.3) is 0 Å². The van der Waals surface area contributed by atoms with Gasteiger partial charge in [0.05, 0.1) is 21.4 Å². The molecule has 3 heteroatoms. The number of hydrogen-bond acceptors (Lipinski definition) is 2. The molecule has 268 valence electrons. The summed E-state index contributed by atoms with van der Waals surface area (Å²) in [6.07, 6.45) is 0. The van der Waals surface area contributed by atoms with Gasteiger partial charge >= 0.3 is 0 Å². The van der Waals surface area contributed by atoms with E-state index in [1.54, 1.807) is 0 Å². The van der Waals surface area contributed by atoms with E-state index in [0.717, 1.165) is 27.9 Å². The second-order valence-electron chi connectivity index (χ2n) is 15.5. The van der Waals surface area contributed by atoms with Crippen molar-refractivity contribution < 1.29 is 0 Å². The van der Waals surface area contributed by atoms with Crippen LogP contribution in [0.25, 0.3) is 124 Å². The molecule has 0 N–H and O–H groups in total. The molecular weight excluding hydrogens is 721 g/mol. The van der Waals surface area contributed by atoms with Gasteiger partial charge in [-0.2, -0.15) is 0 Å². The summed E-state index contributed by atoms with van der Waals surface area (Å²) in [5.41, 5.74) is 10.3. The van der Waals surface area contributed by atoms with Crippen LogP contribution in [0.3, 0.4) is 0 Å². The van der Waals surface area contributed by atoms with Crippen LogP contribution in [0, 0.1) is 0 Å². The lowest BCUT2D eigenvalue weighted by Gasteiger charge is -2.12. The van der Waals surface area contributed by atoms with Crippen molar-refractivity contribution in [3.05, 3.63) is 194 Å². The van der Waals surface area contributed by atoms with E-state index in [1.807, 2.05) is 11.3 Å². The van der Waals surface area contributed by atoms with Gasteiger partial charge in [-0.1, -0.05) is 158 Å². The van der Waals surface area contributed by atoms with E-state index < -0.39 is 0 Å². The third kappa shape index (κ3) is 4.62. The van der Waals surface area contributed by atoms with Crippen LogP contribution in [0.5, 0.6) is 0 Å². The predicted molar refractivity (Wildman–Crippen MR) is 249 cm³/mol. The zero-order chi connectivity index (χ0) is 37.9. The molecule has 2 nitrogen and oxygen atoms in total. The quantitative estimate of drug-likeness (QED) is 0.130. The van der Waals surface area contributed by atoms with Crippen LogP contribution in [0.4, 0.5) is 0 Å². The molecule has 0 aliphatic rings. The molecule has 10 aromatic carbocycles. The Morgan fingerprint density at radius 2 is 0.879 bits per heavy atom. The number of aromatic nitrogens is 2. The lowest BCUT2D eigenvalue weighted by atomic mass is 9.92. The SMILES string of the molecule is c1ccc2cc3c(ccc4c3nc3c5sc6ccccc6c5cc(-c5ccc(-c6ccc(-c7ccc8c9ccccc9c9ccccc9c8c7)cc6)cc5)n43)cc2c1. The van der Waals surface area contributed by atoms with Crippen LogP contribution in [0.1, 0.15) is 0 Å². The molecule has 0 saturated heterocycles. The number of nitrogens with zero attached hydrogens (tertiary/aromatic N) is 2. The molecule has 0 spiro atoms. The van der Waals surface area contributed by atoms with Crippen LogP contribution in [0.15, 0.2) is 194 Å². The number of hydrogen-bond donors (Lipinski definition) is 0.